The van der Waals surface area contributed by atoms with Crippen LogP contribution in [-0.2, 0) is 26.0 Å². The number of para-hydroxylation sites is 2. The number of sulfonamides is 1. The van der Waals surface area contributed by atoms with E-state index in [1.165, 1.54) is 29.2 Å². The number of terminal acetylenes is 1. The number of nitrogens with zero attached hydrogens (tertiary/aromatic N) is 1. The first-order chi connectivity index (χ1) is 25.2. The van der Waals surface area contributed by atoms with Gasteiger partial charge in [0, 0.05) is 59.6 Å². The minimum absolute atomic E-state index is 0.0249. The van der Waals surface area contributed by atoms with E-state index in [1.807, 2.05) is 12.1 Å². The van der Waals surface area contributed by atoms with Gasteiger partial charge < -0.3 is 15.0 Å². The average molecular weight is 781 g/mol. The predicted octanol–water partition coefficient (Wildman–Crippen LogP) is 4.43. The lowest BCUT2D eigenvalue weighted by Gasteiger charge is -2.21. The van der Waals surface area contributed by atoms with Crippen molar-refractivity contribution in [1.82, 2.24) is 0 Å². The zero-order valence-corrected chi connectivity index (χ0v) is 29.7. The smallest absolute Gasteiger partial charge is 0.262 e. The number of carbonyl (C=O) groups is 2. The first-order valence-corrected chi connectivity index (χ1v) is 17.4. The molecule has 1 aliphatic heterocycles. The zero-order valence-electron chi connectivity index (χ0n) is 26.6. The second-order valence-corrected chi connectivity index (χ2v) is 12.7. The van der Waals surface area contributed by atoms with Crippen molar-refractivity contribution < 1.29 is 22.7 Å². The summed E-state index contributed by atoms with van der Waals surface area (Å²) in [6.07, 6.45) is 7.97. The highest BCUT2D eigenvalue weighted by molar-refractivity contribution is 9.10. The summed E-state index contributed by atoms with van der Waals surface area (Å²) in [5.41, 5.74) is 1.76. The quantitative estimate of drug-likeness (QED) is 0.210. The van der Waals surface area contributed by atoms with Crippen molar-refractivity contribution in [1.29, 1.82) is 0 Å². The molecule has 8 nitrogen and oxygen atoms in total. The molecule has 0 aliphatic carbocycles. The van der Waals surface area contributed by atoms with Gasteiger partial charge in [0.05, 0.1) is 21.3 Å². The van der Waals surface area contributed by atoms with E-state index in [1.54, 1.807) is 24.3 Å². The summed E-state index contributed by atoms with van der Waals surface area (Å²) in [7, 11) is -4.19. The third-order valence-corrected chi connectivity index (χ3v) is 8.90. The third kappa shape index (κ3) is 11.0. The Bertz CT molecular complexity index is 2630. The second-order valence-electron chi connectivity index (χ2n) is 9.69. The Kier molecular flexibility index (Phi) is 14.0. The SMILES string of the molecule is C#CC#CC#CC#CC#CC#CC#CC#CC#COc1ccc(S(=O)(=O)Nc2ccccc2Cl)cc1NC(=O)C(Br)C(=O)N1CCc2ccccc21. The lowest BCUT2D eigenvalue weighted by molar-refractivity contribution is -0.124. The van der Waals surface area contributed by atoms with Gasteiger partial charge in [-0.3, -0.25) is 14.3 Å². The standard InChI is InChI=1S/C41H19BrClN3O5S/c1-2-3-4-5-6-7-8-9-10-11-12-13-14-15-16-21-30-51-38-27-26-33(52(49,50)45-35-24-19-18-23-34(35)43)31-36(38)44-40(47)39(42)41(48)46-29-28-32-22-17-20-25-37(32)46/h1,17-20,22-27,31,39,45H,28-29H2,(H,44,47). The largest absolute Gasteiger partial charge is 0.404 e. The molecule has 3 aromatic carbocycles. The van der Waals surface area contributed by atoms with E-state index in [4.69, 9.17) is 22.8 Å². The second kappa shape index (κ2) is 19.2. The maximum Gasteiger partial charge on any atom is 0.262 e. The lowest BCUT2D eigenvalue weighted by atomic mass is 10.2. The number of hydrogen-bond acceptors (Lipinski definition) is 5. The van der Waals surface area contributed by atoms with E-state index in [-0.39, 0.29) is 27.0 Å². The number of nitrogens with one attached hydrogen (secondary N) is 2. The van der Waals surface area contributed by atoms with Crippen LogP contribution >= 0.6 is 27.5 Å². The Morgan fingerprint density at radius 2 is 1.37 bits per heavy atom. The van der Waals surface area contributed by atoms with Crippen molar-refractivity contribution >= 4 is 66.4 Å². The van der Waals surface area contributed by atoms with Gasteiger partial charge in [-0.15, -0.1) is 6.42 Å². The van der Waals surface area contributed by atoms with Crippen LogP contribution in [0, 0.1) is 107 Å². The van der Waals surface area contributed by atoms with E-state index in [0.29, 0.717) is 18.7 Å². The Morgan fingerprint density at radius 3 is 2.00 bits per heavy atom. The van der Waals surface area contributed by atoms with Crippen LogP contribution in [0.1, 0.15) is 5.56 Å². The van der Waals surface area contributed by atoms with Crippen molar-refractivity contribution in [2.45, 2.75) is 16.1 Å². The molecular weight excluding hydrogens is 762 g/mol. The summed E-state index contributed by atoms with van der Waals surface area (Å²) in [4.78, 5) is 26.6. The fourth-order valence-electron chi connectivity index (χ4n) is 4.17. The first kappa shape index (κ1) is 37.8. The van der Waals surface area contributed by atoms with Gasteiger partial charge in [-0.2, -0.15) is 0 Å². The molecule has 2 amide bonds. The molecule has 1 heterocycles. The van der Waals surface area contributed by atoms with Crippen LogP contribution in [0.3, 0.4) is 0 Å². The highest BCUT2D eigenvalue weighted by Gasteiger charge is 2.33. The number of ether oxygens (including phenoxy) is 1. The molecule has 0 bridgehead atoms. The molecule has 0 radical (unpaired) electrons. The molecule has 4 rings (SSSR count). The van der Waals surface area contributed by atoms with Crippen LogP contribution in [0.2, 0.25) is 5.02 Å². The van der Waals surface area contributed by atoms with Gasteiger partial charge in [-0.1, -0.05) is 57.9 Å². The fourth-order valence-corrected chi connectivity index (χ4v) is 5.88. The summed E-state index contributed by atoms with van der Waals surface area (Å²) in [6, 6.07) is 17.4. The van der Waals surface area contributed by atoms with Crippen LogP contribution in [0.25, 0.3) is 0 Å². The number of carbonyl (C=O) groups excluding carboxylic acids is 2. The summed E-state index contributed by atoms with van der Waals surface area (Å²) in [5, 5.41) is 2.76. The summed E-state index contributed by atoms with van der Waals surface area (Å²) < 4.78 is 34.5. The highest BCUT2D eigenvalue weighted by atomic mass is 79.9. The van der Waals surface area contributed by atoms with E-state index in [9.17, 15) is 18.0 Å². The Hall–Kier alpha value is -7.04. The number of alkyl halides is 1. The number of fused-ring (bicyclic) bond motifs is 1. The maximum atomic E-state index is 13.3. The topological polar surface area (TPSA) is 105 Å². The van der Waals surface area contributed by atoms with Crippen molar-refractivity contribution in [2.24, 2.45) is 0 Å². The Morgan fingerprint density at radius 1 is 0.788 bits per heavy atom. The van der Waals surface area contributed by atoms with E-state index in [0.717, 1.165) is 11.6 Å². The Balaban J connectivity index is 1.50. The van der Waals surface area contributed by atoms with E-state index in [2.05, 4.69) is 127 Å². The number of anilines is 3. The van der Waals surface area contributed by atoms with Crippen LogP contribution < -0.4 is 19.7 Å². The fraction of sp³-hybridized carbons (Fsp3) is 0.0732. The van der Waals surface area contributed by atoms with Gasteiger partial charge in [0.25, 0.3) is 10.0 Å². The molecule has 0 saturated carbocycles. The van der Waals surface area contributed by atoms with Crippen molar-refractivity contribution in [3.05, 3.63) is 77.3 Å². The van der Waals surface area contributed by atoms with Gasteiger partial charge in [0.15, 0.2) is 10.6 Å². The van der Waals surface area contributed by atoms with Crippen LogP contribution in [0.15, 0.2) is 71.6 Å². The maximum absolute atomic E-state index is 13.3. The van der Waals surface area contributed by atoms with Gasteiger partial charge in [-0.25, -0.2) is 8.42 Å². The van der Waals surface area contributed by atoms with Gasteiger partial charge in [0.2, 0.25) is 11.8 Å². The normalized spacial score (nSPS) is 10.4. The molecule has 0 fully saturated rings. The summed E-state index contributed by atoms with van der Waals surface area (Å²) >= 11 is 9.35. The van der Waals surface area contributed by atoms with Crippen molar-refractivity contribution in [2.75, 3.05) is 21.5 Å². The number of benzene rings is 3. The average Bonchev–Trinajstić information content (AvgIpc) is 3.58. The van der Waals surface area contributed by atoms with Crippen molar-refractivity contribution in [3.8, 4) is 113 Å². The number of rotatable bonds is 7. The summed E-state index contributed by atoms with van der Waals surface area (Å²) in [6.45, 7) is 0.405. The molecule has 0 spiro atoms. The number of amides is 2. The highest BCUT2D eigenvalue weighted by Crippen LogP contribution is 2.32. The number of halogens is 2. The van der Waals surface area contributed by atoms with Gasteiger partial charge >= 0.3 is 0 Å². The summed E-state index contributed by atoms with van der Waals surface area (Å²) in [5.74, 6) is 37.6. The predicted molar refractivity (Wildman–Crippen MR) is 204 cm³/mol. The number of hydrogen-bond donors (Lipinski definition) is 2. The lowest BCUT2D eigenvalue weighted by Crippen LogP contribution is -2.41. The first-order valence-electron chi connectivity index (χ1n) is 14.6. The molecule has 52 heavy (non-hydrogen) atoms. The molecule has 0 saturated heterocycles. The van der Waals surface area contributed by atoms with Gasteiger partial charge in [0.1, 0.15) is 6.11 Å². The van der Waals surface area contributed by atoms with E-state index >= 15 is 0 Å². The van der Waals surface area contributed by atoms with E-state index < -0.39 is 26.7 Å². The Labute approximate surface area is 315 Å². The molecule has 1 atom stereocenters. The van der Waals surface area contributed by atoms with Crippen LogP contribution in [-0.4, -0.2) is 31.6 Å². The van der Waals surface area contributed by atoms with Crippen molar-refractivity contribution in [3.63, 3.8) is 0 Å². The molecule has 0 aromatic heterocycles. The molecular formula is C41H19BrClN3O5S. The van der Waals surface area contributed by atoms with Crippen LogP contribution in [0.4, 0.5) is 17.1 Å². The van der Waals surface area contributed by atoms with Crippen LogP contribution in [0.5, 0.6) is 5.75 Å². The molecule has 11 heteroatoms. The molecule has 3 aromatic rings. The minimum atomic E-state index is -4.19. The third-order valence-electron chi connectivity index (χ3n) is 6.40. The molecule has 1 aliphatic rings. The molecule has 2 N–H and O–H groups in total. The zero-order chi connectivity index (χ0) is 37.2. The molecule has 1 unspecified atom stereocenters. The molecule has 248 valence electrons. The van der Waals surface area contributed by atoms with Gasteiger partial charge in [-0.05, 0) is 95.7 Å². The monoisotopic (exact) mass is 779 g/mol. The minimum Gasteiger partial charge on any atom is -0.404 e.